The van der Waals surface area contributed by atoms with E-state index in [0.29, 0.717) is 28.7 Å². The Labute approximate surface area is 193 Å². The van der Waals surface area contributed by atoms with Gasteiger partial charge in [-0.15, -0.1) is 0 Å². The third-order valence-electron chi connectivity index (χ3n) is 5.97. The number of aliphatic hydroxyl groups is 1. The number of rotatable bonds is 5. The lowest BCUT2D eigenvalue weighted by Crippen LogP contribution is -2.29. The van der Waals surface area contributed by atoms with E-state index in [4.69, 9.17) is 9.15 Å². The Morgan fingerprint density at radius 1 is 1.09 bits per heavy atom. The minimum atomic E-state index is -0.907. The Bertz CT molecular complexity index is 1240. The summed E-state index contributed by atoms with van der Waals surface area (Å²) >= 11 is 0. The highest BCUT2D eigenvalue weighted by atomic mass is 16.5. The molecule has 1 aliphatic heterocycles. The number of ether oxygens (including phenoxy) is 1. The van der Waals surface area contributed by atoms with Crippen LogP contribution < -0.4 is 9.64 Å². The number of Topliss-reactive ketones (excluding diaryl/α,β-unsaturated/α-hetero) is 1. The van der Waals surface area contributed by atoms with Gasteiger partial charge in [0.15, 0.2) is 0 Å². The minimum Gasteiger partial charge on any atom is -0.507 e. The first-order chi connectivity index (χ1) is 15.7. The predicted octanol–water partition coefficient (Wildman–Crippen LogP) is 5.65. The fraction of sp³-hybridized carbons (Fsp3) is 0.259. The van der Waals surface area contributed by atoms with Crippen molar-refractivity contribution in [2.75, 3.05) is 12.0 Å². The van der Waals surface area contributed by atoms with Crippen LogP contribution in [0.1, 0.15) is 53.8 Å². The summed E-state index contributed by atoms with van der Waals surface area (Å²) in [6.07, 6.45) is 1.48. The van der Waals surface area contributed by atoms with E-state index in [2.05, 4.69) is 13.8 Å². The molecule has 1 saturated heterocycles. The van der Waals surface area contributed by atoms with Crippen LogP contribution in [0.15, 0.2) is 64.8 Å². The van der Waals surface area contributed by atoms with Crippen molar-refractivity contribution in [3.05, 3.63) is 88.4 Å². The van der Waals surface area contributed by atoms with Gasteiger partial charge < -0.3 is 14.3 Å². The maximum Gasteiger partial charge on any atom is 0.300 e. The van der Waals surface area contributed by atoms with Crippen molar-refractivity contribution in [3.63, 3.8) is 0 Å². The van der Waals surface area contributed by atoms with Crippen LogP contribution in [0.2, 0.25) is 0 Å². The highest BCUT2D eigenvalue weighted by molar-refractivity contribution is 6.51. The first-order valence-corrected chi connectivity index (χ1v) is 10.8. The Morgan fingerprint density at radius 2 is 1.79 bits per heavy atom. The fourth-order valence-corrected chi connectivity index (χ4v) is 4.38. The standard InChI is InChI=1S/C27H27NO5/c1-15(2)18-8-10-19(11-9-18)28-23(21-7-6-12-33-21)22(25(30)27(28)31)24(29)20-14-16(3)13-17(4)26(20)32-5/h6-15,23,29H,1-5H3/b24-22-. The number of methoxy groups -OCH3 is 1. The van der Waals surface area contributed by atoms with E-state index in [0.717, 1.165) is 16.7 Å². The number of carbonyl (C=O) groups excluding carboxylic acids is 2. The van der Waals surface area contributed by atoms with Crippen molar-refractivity contribution in [1.82, 2.24) is 0 Å². The molecule has 1 fully saturated rings. The minimum absolute atomic E-state index is 0.0359. The molecule has 170 valence electrons. The number of anilines is 1. The van der Waals surface area contributed by atoms with Crippen molar-refractivity contribution in [3.8, 4) is 5.75 Å². The lowest BCUT2D eigenvalue weighted by atomic mass is 9.96. The fourth-order valence-electron chi connectivity index (χ4n) is 4.38. The summed E-state index contributed by atoms with van der Waals surface area (Å²) in [5, 5.41) is 11.4. The van der Waals surface area contributed by atoms with Crippen LogP contribution in [-0.2, 0) is 9.59 Å². The largest absolute Gasteiger partial charge is 0.507 e. The maximum absolute atomic E-state index is 13.3. The Balaban J connectivity index is 1.94. The van der Waals surface area contributed by atoms with E-state index in [9.17, 15) is 14.7 Å². The van der Waals surface area contributed by atoms with Crippen molar-refractivity contribution >= 4 is 23.1 Å². The lowest BCUT2D eigenvalue weighted by molar-refractivity contribution is -0.132. The second kappa shape index (κ2) is 8.62. The van der Waals surface area contributed by atoms with Gasteiger partial charge in [-0.3, -0.25) is 14.5 Å². The highest BCUT2D eigenvalue weighted by Crippen LogP contribution is 2.44. The van der Waals surface area contributed by atoms with Gasteiger partial charge in [-0.1, -0.05) is 32.0 Å². The molecule has 1 unspecified atom stereocenters. The summed E-state index contributed by atoms with van der Waals surface area (Å²) in [5.74, 6) is -0.635. The van der Waals surface area contributed by atoms with Crippen LogP contribution in [0.3, 0.4) is 0 Å². The summed E-state index contributed by atoms with van der Waals surface area (Å²) in [5.41, 5.74) is 3.69. The molecule has 6 heteroatoms. The second-order valence-corrected chi connectivity index (χ2v) is 8.59. The van der Waals surface area contributed by atoms with E-state index in [1.165, 1.54) is 18.3 Å². The highest BCUT2D eigenvalue weighted by Gasteiger charge is 2.48. The van der Waals surface area contributed by atoms with Crippen molar-refractivity contribution < 1.29 is 23.8 Å². The molecule has 3 aromatic rings. The number of benzene rings is 2. The molecule has 0 radical (unpaired) electrons. The topological polar surface area (TPSA) is 80.0 Å². The molecule has 0 aliphatic carbocycles. The van der Waals surface area contributed by atoms with Crippen molar-refractivity contribution in [2.24, 2.45) is 0 Å². The molecule has 1 N–H and O–H groups in total. The Hall–Kier alpha value is -3.80. The van der Waals surface area contributed by atoms with Gasteiger partial charge in [0.25, 0.3) is 11.7 Å². The Kier molecular flexibility index (Phi) is 5.85. The van der Waals surface area contributed by atoms with Crippen LogP contribution in [-0.4, -0.2) is 23.9 Å². The maximum atomic E-state index is 13.3. The average Bonchev–Trinajstić information content (AvgIpc) is 3.40. The summed E-state index contributed by atoms with van der Waals surface area (Å²) in [7, 11) is 1.51. The van der Waals surface area contributed by atoms with Gasteiger partial charge in [0.05, 0.1) is 24.5 Å². The van der Waals surface area contributed by atoms with Crippen molar-refractivity contribution in [1.29, 1.82) is 0 Å². The predicted molar refractivity (Wildman–Crippen MR) is 126 cm³/mol. The van der Waals surface area contributed by atoms with E-state index in [1.807, 2.05) is 44.2 Å². The number of aliphatic hydroxyl groups excluding tert-OH is 1. The molecular weight excluding hydrogens is 418 g/mol. The first kappa shape index (κ1) is 22.4. The molecule has 1 atom stereocenters. The van der Waals surface area contributed by atoms with Gasteiger partial charge in [0.2, 0.25) is 0 Å². The normalized spacial score (nSPS) is 17.8. The third-order valence-corrected chi connectivity index (χ3v) is 5.97. The molecule has 0 spiro atoms. The molecule has 1 aromatic heterocycles. The van der Waals surface area contributed by atoms with Gasteiger partial charge in [0.1, 0.15) is 23.3 Å². The van der Waals surface area contributed by atoms with E-state index in [1.54, 1.807) is 18.2 Å². The summed E-state index contributed by atoms with van der Waals surface area (Å²) in [4.78, 5) is 27.9. The molecule has 2 aromatic carbocycles. The van der Waals surface area contributed by atoms with Gasteiger partial charge in [-0.2, -0.15) is 0 Å². The van der Waals surface area contributed by atoms with Gasteiger partial charge in [-0.25, -0.2) is 0 Å². The molecule has 0 bridgehead atoms. The third kappa shape index (κ3) is 3.82. The number of hydrogen-bond acceptors (Lipinski definition) is 5. The zero-order valence-corrected chi connectivity index (χ0v) is 19.4. The zero-order valence-electron chi connectivity index (χ0n) is 19.4. The van der Waals surface area contributed by atoms with Crippen molar-refractivity contribution in [2.45, 2.75) is 39.7 Å². The number of aryl methyl sites for hydroxylation is 2. The molecule has 0 saturated carbocycles. The number of amides is 1. The van der Waals surface area contributed by atoms with E-state index in [-0.39, 0.29) is 11.3 Å². The SMILES string of the molecule is COc1c(C)cc(C)cc1/C(O)=C1/C(=O)C(=O)N(c2ccc(C(C)C)cc2)C1c1ccco1. The smallest absolute Gasteiger partial charge is 0.300 e. The number of ketones is 1. The van der Waals surface area contributed by atoms with Gasteiger partial charge in [0, 0.05) is 5.69 Å². The molecule has 1 amide bonds. The number of hydrogen-bond donors (Lipinski definition) is 1. The molecular formula is C27H27NO5. The van der Waals surface area contributed by atoms with Gasteiger partial charge in [-0.05, 0) is 66.8 Å². The molecule has 6 nitrogen and oxygen atoms in total. The van der Waals surface area contributed by atoms with Crippen LogP contribution in [0.4, 0.5) is 5.69 Å². The average molecular weight is 446 g/mol. The number of nitrogens with zero attached hydrogens (tertiary/aromatic N) is 1. The van der Waals surface area contributed by atoms with Crippen LogP contribution in [0.5, 0.6) is 5.75 Å². The summed E-state index contributed by atoms with van der Waals surface area (Å²) in [6, 6.07) is 13.6. The van der Waals surface area contributed by atoms with Gasteiger partial charge >= 0.3 is 0 Å². The summed E-state index contributed by atoms with van der Waals surface area (Å²) < 4.78 is 11.1. The second-order valence-electron chi connectivity index (χ2n) is 8.59. The molecule has 2 heterocycles. The molecule has 1 aliphatic rings. The van der Waals surface area contributed by atoms with Crippen LogP contribution in [0.25, 0.3) is 5.76 Å². The van der Waals surface area contributed by atoms with Crippen LogP contribution >= 0.6 is 0 Å². The lowest BCUT2D eigenvalue weighted by Gasteiger charge is -2.24. The van der Waals surface area contributed by atoms with Crippen LogP contribution in [0, 0.1) is 13.8 Å². The number of carbonyl (C=O) groups is 2. The first-order valence-electron chi connectivity index (χ1n) is 10.8. The molecule has 4 rings (SSSR count). The zero-order chi connectivity index (χ0) is 23.9. The molecule has 33 heavy (non-hydrogen) atoms. The monoisotopic (exact) mass is 445 g/mol. The van der Waals surface area contributed by atoms with E-state index < -0.39 is 17.7 Å². The van der Waals surface area contributed by atoms with E-state index >= 15 is 0 Å². The Morgan fingerprint density at radius 3 is 2.36 bits per heavy atom. The quantitative estimate of drug-likeness (QED) is 0.312. The number of furan rings is 1. The summed E-state index contributed by atoms with van der Waals surface area (Å²) in [6.45, 7) is 7.92.